The fraction of sp³-hybridized carbons (Fsp3) is 0.476. The minimum Gasteiger partial charge on any atom is -0.449 e. The molecular formula is C21H25BrF2N6O2. The van der Waals surface area contributed by atoms with Gasteiger partial charge < -0.3 is 4.74 Å². The van der Waals surface area contributed by atoms with Gasteiger partial charge in [-0.2, -0.15) is 10.2 Å². The molecule has 172 valence electrons. The molecule has 0 saturated carbocycles. The first kappa shape index (κ1) is 24.0. The summed E-state index contributed by atoms with van der Waals surface area (Å²) in [6.45, 7) is 1.99. The number of unbranched alkanes of at least 4 members (excludes halogenated alkanes) is 3. The predicted molar refractivity (Wildman–Crippen MR) is 116 cm³/mol. The Morgan fingerprint density at radius 3 is 2.28 bits per heavy atom. The Balaban J connectivity index is 1.96. The zero-order chi connectivity index (χ0) is 23.0. The smallest absolute Gasteiger partial charge is 0.320 e. The number of benzene rings is 1. The molecule has 3 aromatic rings. The monoisotopic (exact) mass is 510 g/mol. The molecule has 1 atom stereocenters. The van der Waals surface area contributed by atoms with E-state index >= 15 is 4.39 Å². The number of hydrogen-bond acceptors (Lipinski definition) is 6. The van der Waals surface area contributed by atoms with Gasteiger partial charge in [0, 0.05) is 11.6 Å². The largest absolute Gasteiger partial charge is 0.449 e. The van der Waals surface area contributed by atoms with Gasteiger partial charge >= 0.3 is 5.97 Å². The average molecular weight is 511 g/mol. The average Bonchev–Trinajstić information content (AvgIpc) is 3.45. The third kappa shape index (κ3) is 6.18. The van der Waals surface area contributed by atoms with Crippen LogP contribution in [-0.2, 0) is 28.2 Å². The number of esters is 1. The molecule has 0 saturated heterocycles. The second-order valence-corrected chi connectivity index (χ2v) is 8.65. The Morgan fingerprint density at radius 2 is 1.75 bits per heavy atom. The maximum absolute atomic E-state index is 15.0. The molecule has 2 heterocycles. The highest BCUT2D eigenvalue weighted by Crippen LogP contribution is 2.34. The maximum Gasteiger partial charge on any atom is 0.320 e. The molecule has 0 aliphatic carbocycles. The van der Waals surface area contributed by atoms with Crippen molar-refractivity contribution in [3.05, 3.63) is 60.7 Å². The first-order chi connectivity index (χ1) is 15.4. The zero-order valence-electron chi connectivity index (χ0n) is 17.7. The van der Waals surface area contributed by atoms with Crippen molar-refractivity contribution in [3.8, 4) is 0 Å². The number of alkyl halides is 1. The normalized spacial score (nSPS) is 12.6. The molecule has 2 aromatic heterocycles. The summed E-state index contributed by atoms with van der Waals surface area (Å²) >= 11 is 3.41. The van der Waals surface area contributed by atoms with Crippen molar-refractivity contribution in [1.29, 1.82) is 0 Å². The van der Waals surface area contributed by atoms with Gasteiger partial charge in [-0.15, -0.1) is 0 Å². The molecule has 0 spiro atoms. The molecule has 0 aliphatic heterocycles. The van der Waals surface area contributed by atoms with E-state index in [1.807, 2.05) is 0 Å². The number of hydrogen-bond donors (Lipinski definition) is 0. The predicted octanol–water partition coefficient (Wildman–Crippen LogP) is 4.02. The molecule has 0 N–H and O–H groups in total. The van der Waals surface area contributed by atoms with Crippen molar-refractivity contribution in [2.45, 2.75) is 62.5 Å². The number of carbonyl (C=O) groups excluding carboxylic acids is 1. The van der Waals surface area contributed by atoms with Crippen molar-refractivity contribution >= 4 is 21.9 Å². The first-order valence-corrected chi connectivity index (χ1v) is 11.3. The van der Waals surface area contributed by atoms with Crippen molar-refractivity contribution in [2.24, 2.45) is 0 Å². The highest BCUT2D eigenvalue weighted by molar-refractivity contribution is 9.10. The first-order valence-electron chi connectivity index (χ1n) is 10.4. The van der Waals surface area contributed by atoms with E-state index in [9.17, 15) is 9.18 Å². The van der Waals surface area contributed by atoms with Crippen molar-refractivity contribution in [1.82, 2.24) is 29.5 Å². The fourth-order valence-corrected chi connectivity index (χ4v) is 3.89. The summed E-state index contributed by atoms with van der Waals surface area (Å²) in [6, 6.07) is 3.16. The zero-order valence-corrected chi connectivity index (χ0v) is 19.3. The second-order valence-electron chi connectivity index (χ2n) is 7.54. The van der Waals surface area contributed by atoms with Gasteiger partial charge in [-0.05, 0) is 18.6 Å². The number of aromatic nitrogens is 6. The maximum atomic E-state index is 15.0. The molecule has 32 heavy (non-hydrogen) atoms. The minimum atomic E-state index is -1.58. The number of nitrogens with zero attached hydrogens (tertiary/aromatic N) is 6. The molecule has 0 fully saturated rings. The van der Waals surface area contributed by atoms with E-state index in [-0.39, 0.29) is 18.7 Å². The summed E-state index contributed by atoms with van der Waals surface area (Å²) in [5.74, 6) is -2.13. The summed E-state index contributed by atoms with van der Waals surface area (Å²) in [7, 11) is 0. The van der Waals surface area contributed by atoms with Crippen LogP contribution in [-0.4, -0.2) is 40.3 Å². The standard InChI is InChI=1S/C21H25BrF2N6O2/c1-2-3-4-5-6-18(22)20(31)32-21(10-29-14-25-12-27-29,11-30-15-26-13-28-30)17-8-7-16(23)9-19(17)24/h7-9,12-15,18H,2-6,10-11H2,1H3. The second kappa shape index (κ2) is 11.3. The molecule has 11 heteroatoms. The Kier molecular flexibility index (Phi) is 8.43. The van der Waals surface area contributed by atoms with E-state index in [0.29, 0.717) is 6.42 Å². The van der Waals surface area contributed by atoms with Crippen molar-refractivity contribution in [2.75, 3.05) is 0 Å². The van der Waals surface area contributed by atoms with E-state index in [1.165, 1.54) is 40.7 Å². The third-order valence-electron chi connectivity index (χ3n) is 5.05. The van der Waals surface area contributed by atoms with Gasteiger partial charge in [-0.25, -0.2) is 28.1 Å². The molecule has 8 nitrogen and oxygen atoms in total. The number of rotatable bonds is 12. The number of carbonyl (C=O) groups is 1. The van der Waals surface area contributed by atoms with Gasteiger partial charge in [0.05, 0.1) is 13.1 Å². The van der Waals surface area contributed by atoms with Crippen LogP contribution in [0.1, 0.15) is 44.6 Å². The van der Waals surface area contributed by atoms with Gasteiger partial charge in [-0.1, -0.05) is 48.5 Å². The Bertz CT molecular complexity index is 948. The van der Waals surface area contributed by atoms with Gasteiger partial charge in [-0.3, -0.25) is 4.79 Å². The Labute approximate surface area is 193 Å². The fourth-order valence-electron chi connectivity index (χ4n) is 3.48. The Hall–Kier alpha value is -2.69. The van der Waals surface area contributed by atoms with Crippen LogP contribution in [0.25, 0.3) is 0 Å². The van der Waals surface area contributed by atoms with Crippen LogP contribution in [0.2, 0.25) is 0 Å². The van der Waals surface area contributed by atoms with E-state index in [1.54, 1.807) is 0 Å². The highest BCUT2D eigenvalue weighted by Gasteiger charge is 2.42. The van der Waals surface area contributed by atoms with Crippen LogP contribution in [0.4, 0.5) is 8.78 Å². The van der Waals surface area contributed by atoms with E-state index < -0.39 is 28.0 Å². The van der Waals surface area contributed by atoms with Gasteiger partial charge in [0.1, 0.15) is 41.8 Å². The topological polar surface area (TPSA) is 87.7 Å². The summed E-state index contributed by atoms with van der Waals surface area (Å²) in [6.07, 6.45) is 10.1. The van der Waals surface area contributed by atoms with Crippen LogP contribution < -0.4 is 0 Å². The lowest BCUT2D eigenvalue weighted by atomic mass is 9.92. The van der Waals surface area contributed by atoms with Gasteiger partial charge in [0.2, 0.25) is 0 Å². The van der Waals surface area contributed by atoms with Crippen LogP contribution in [0.3, 0.4) is 0 Å². The molecular weight excluding hydrogens is 486 g/mol. The van der Waals surface area contributed by atoms with Crippen molar-refractivity contribution < 1.29 is 18.3 Å². The molecule has 1 unspecified atom stereocenters. The lowest BCUT2D eigenvalue weighted by Gasteiger charge is -2.34. The number of halogens is 3. The minimum absolute atomic E-state index is 0.00364. The van der Waals surface area contributed by atoms with Gasteiger partial charge in [0.25, 0.3) is 0 Å². The lowest BCUT2D eigenvalue weighted by molar-refractivity contribution is -0.165. The molecule has 3 rings (SSSR count). The van der Waals surface area contributed by atoms with E-state index in [0.717, 1.165) is 37.8 Å². The van der Waals surface area contributed by atoms with Gasteiger partial charge in [0.15, 0.2) is 5.60 Å². The molecule has 0 bridgehead atoms. The van der Waals surface area contributed by atoms with Crippen LogP contribution in [0, 0.1) is 11.6 Å². The van der Waals surface area contributed by atoms with Crippen LogP contribution >= 0.6 is 15.9 Å². The van der Waals surface area contributed by atoms with Crippen LogP contribution in [0.5, 0.6) is 0 Å². The summed E-state index contributed by atoms with van der Waals surface area (Å²) in [5, 5.41) is 8.17. The Morgan fingerprint density at radius 1 is 1.09 bits per heavy atom. The third-order valence-corrected chi connectivity index (χ3v) is 5.88. The quantitative estimate of drug-likeness (QED) is 0.207. The molecule has 1 aromatic carbocycles. The van der Waals surface area contributed by atoms with Crippen molar-refractivity contribution in [3.63, 3.8) is 0 Å². The summed E-state index contributed by atoms with van der Waals surface area (Å²) in [5.41, 5.74) is -1.57. The van der Waals surface area contributed by atoms with E-state index in [4.69, 9.17) is 4.74 Å². The summed E-state index contributed by atoms with van der Waals surface area (Å²) < 4.78 is 37.5. The summed E-state index contributed by atoms with van der Waals surface area (Å²) in [4.78, 5) is 20.3. The van der Waals surface area contributed by atoms with E-state index in [2.05, 4.69) is 43.0 Å². The molecule has 0 amide bonds. The highest BCUT2D eigenvalue weighted by atomic mass is 79.9. The molecule has 0 aliphatic rings. The molecule has 0 radical (unpaired) electrons. The SMILES string of the molecule is CCCCCCC(Br)C(=O)OC(Cn1cncn1)(Cn1cncn1)c1ccc(F)cc1F. The van der Waals surface area contributed by atoms with Crippen LogP contribution in [0.15, 0.2) is 43.5 Å². The lowest BCUT2D eigenvalue weighted by Crippen LogP contribution is -2.43. The number of ether oxygens (including phenoxy) is 1.